The van der Waals surface area contributed by atoms with E-state index in [2.05, 4.69) is 50.7 Å². The van der Waals surface area contributed by atoms with E-state index < -0.39 is 0 Å². The van der Waals surface area contributed by atoms with Gasteiger partial charge in [-0.05, 0) is 30.5 Å². The number of hydrogen-bond donors (Lipinski definition) is 1. The van der Waals surface area contributed by atoms with Gasteiger partial charge in [0.1, 0.15) is 0 Å². The van der Waals surface area contributed by atoms with Crippen LogP contribution in [-0.2, 0) is 13.1 Å². The van der Waals surface area contributed by atoms with E-state index >= 15 is 0 Å². The average molecular weight is 268 g/mol. The second kappa shape index (κ2) is 6.01. The third kappa shape index (κ3) is 3.54. The van der Waals surface area contributed by atoms with Crippen molar-refractivity contribution >= 4 is 5.82 Å². The van der Waals surface area contributed by atoms with E-state index in [1.54, 1.807) is 0 Å². The molecule has 1 fully saturated rings. The lowest BCUT2D eigenvalue weighted by Gasteiger charge is -2.17. The van der Waals surface area contributed by atoms with Gasteiger partial charge in [0.05, 0.1) is 5.69 Å². The second-order valence-corrected chi connectivity index (χ2v) is 5.38. The first kappa shape index (κ1) is 13.1. The highest BCUT2D eigenvalue weighted by molar-refractivity contribution is 5.37. The molecule has 4 nitrogen and oxygen atoms in total. The normalized spacial score (nSPS) is 14.2. The molecule has 1 aromatic carbocycles. The van der Waals surface area contributed by atoms with Crippen molar-refractivity contribution in [3.05, 3.63) is 53.7 Å². The largest absolute Gasteiger partial charge is 0.354 e. The monoisotopic (exact) mass is 268 g/mol. The van der Waals surface area contributed by atoms with Crippen LogP contribution in [0.3, 0.4) is 0 Å². The first-order valence-corrected chi connectivity index (χ1v) is 7.12. The summed E-state index contributed by atoms with van der Waals surface area (Å²) in [5.74, 6) is 0.907. The topological polar surface area (TPSA) is 41.0 Å². The summed E-state index contributed by atoms with van der Waals surface area (Å²) in [7, 11) is 2.04. The summed E-state index contributed by atoms with van der Waals surface area (Å²) in [6, 6.07) is 15.2. The van der Waals surface area contributed by atoms with Gasteiger partial charge in [0, 0.05) is 26.2 Å². The second-order valence-electron chi connectivity index (χ2n) is 5.38. The lowest BCUT2D eigenvalue weighted by atomic mass is 10.2. The molecule has 1 N–H and O–H groups in total. The molecule has 0 aliphatic heterocycles. The molecule has 1 aliphatic carbocycles. The zero-order valence-electron chi connectivity index (χ0n) is 11.8. The number of anilines is 1. The molecule has 0 amide bonds. The van der Waals surface area contributed by atoms with Crippen molar-refractivity contribution in [2.45, 2.75) is 32.0 Å². The first-order chi connectivity index (χ1) is 9.81. The van der Waals surface area contributed by atoms with E-state index in [0.29, 0.717) is 6.04 Å². The molecule has 1 aromatic heterocycles. The van der Waals surface area contributed by atoms with Crippen LogP contribution in [0.2, 0.25) is 0 Å². The zero-order chi connectivity index (χ0) is 13.8. The molecule has 0 radical (unpaired) electrons. The standard InChI is InChI=1S/C16H20N4/c1-20(12-13-5-3-2-4-6-13)16-10-9-15(18-19-16)11-17-14-7-8-14/h2-6,9-10,14,17H,7-8,11-12H2,1H3. The van der Waals surface area contributed by atoms with Gasteiger partial charge in [-0.15, -0.1) is 5.10 Å². The molecule has 1 heterocycles. The molecule has 4 heteroatoms. The zero-order valence-corrected chi connectivity index (χ0v) is 11.8. The molecule has 0 saturated heterocycles. The predicted molar refractivity (Wildman–Crippen MR) is 80.4 cm³/mol. The van der Waals surface area contributed by atoms with Crippen molar-refractivity contribution in [3.8, 4) is 0 Å². The summed E-state index contributed by atoms with van der Waals surface area (Å²) in [5.41, 5.74) is 2.28. The Labute approximate surface area is 119 Å². The van der Waals surface area contributed by atoms with Crippen LogP contribution in [0.15, 0.2) is 42.5 Å². The predicted octanol–water partition coefficient (Wildman–Crippen LogP) is 2.37. The molecule has 20 heavy (non-hydrogen) atoms. The maximum absolute atomic E-state index is 4.31. The van der Waals surface area contributed by atoms with Crippen molar-refractivity contribution in [2.75, 3.05) is 11.9 Å². The van der Waals surface area contributed by atoms with Crippen molar-refractivity contribution in [1.29, 1.82) is 0 Å². The molecule has 0 bridgehead atoms. The SMILES string of the molecule is CN(Cc1ccccc1)c1ccc(CNC2CC2)nn1. The molecule has 104 valence electrons. The third-order valence-corrected chi connectivity index (χ3v) is 3.51. The van der Waals surface area contributed by atoms with Crippen LogP contribution in [0.4, 0.5) is 5.82 Å². The van der Waals surface area contributed by atoms with Crippen LogP contribution in [0.1, 0.15) is 24.1 Å². The van der Waals surface area contributed by atoms with Crippen LogP contribution >= 0.6 is 0 Å². The molecular weight excluding hydrogens is 248 g/mol. The fourth-order valence-corrected chi connectivity index (χ4v) is 2.13. The average Bonchev–Trinajstić information content (AvgIpc) is 3.31. The minimum absolute atomic E-state index is 0.706. The van der Waals surface area contributed by atoms with E-state index in [1.165, 1.54) is 18.4 Å². The van der Waals surface area contributed by atoms with E-state index in [0.717, 1.165) is 24.6 Å². The Morgan fingerprint density at radius 1 is 1.10 bits per heavy atom. The summed E-state index contributed by atoms with van der Waals surface area (Å²) in [5, 5.41) is 12.0. The van der Waals surface area contributed by atoms with E-state index in [-0.39, 0.29) is 0 Å². The van der Waals surface area contributed by atoms with Gasteiger partial charge in [-0.3, -0.25) is 0 Å². The van der Waals surface area contributed by atoms with E-state index in [9.17, 15) is 0 Å². The molecule has 2 aromatic rings. The van der Waals surface area contributed by atoms with Gasteiger partial charge in [0.2, 0.25) is 0 Å². The van der Waals surface area contributed by atoms with Gasteiger partial charge >= 0.3 is 0 Å². The van der Waals surface area contributed by atoms with Gasteiger partial charge < -0.3 is 10.2 Å². The van der Waals surface area contributed by atoms with Gasteiger partial charge in [-0.1, -0.05) is 30.3 Å². The van der Waals surface area contributed by atoms with Gasteiger partial charge in [-0.2, -0.15) is 5.10 Å². The number of aromatic nitrogens is 2. The number of hydrogen-bond acceptors (Lipinski definition) is 4. The Morgan fingerprint density at radius 2 is 1.90 bits per heavy atom. The Morgan fingerprint density at radius 3 is 2.55 bits per heavy atom. The molecule has 0 spiro atoms. The van der Waals surface area contributed by atoms with Gasteiger partial charge in [-0.25, -0.2) is 0 Å². The highest BCUT2D eigenvalue weighted by Gasteiger charge is 2.20. The van der Waals surface area contributed by atoms with Crippen LogP contribution in [-0.4, -0.2) is 23.3 Å². The maximum atomic E-state index is 4.31. The molecule has 3 rings (SSSR count). The Bertz CT molecular complexity index is 534. The summed E-state index contributed by atoms with van der Waals surface area (Å²) >= 11 is 0. The molecule has 1 saturated carbocycles. The van der Waals surface area contributed by atoms with Crippen LogP contribution in [0, 0.1) is 0 Å². The lowest BCUT2D eigenvalue weighted by molar-refractivity contribution is 0.664. The van der Waals surface area contributed by atoms with E-state index in [1.807, 2.05) is 19.2 Å². The van der Waals surface area contributed by atoms with Crippen LogP contribution in [0.25, 0.3) is 0 Å². The fourth-order valence-electron chi connectivity index (χ4n) is 2.13. The number of nitrogens with zero attached hydrogens (tertiary/aromatic N) is 3. The highest BCUT2D eigenvalue weighted by atomic mass is 15.2. The minimum Gasteiger partial charge on any atom is -0.354 e. The van der Waals surface area contributed by atoms with Crippen molar-refractivity contribution < 1.29 is 0 Å². The molecule has 1 aliphatic rings. The maximum Gasteiger partial charge on any atom is 0.151 e. The Balaban J connectivity index is 1.58. The van der Waals surface area contributed by atoms with Crippen molar-refractivity contribution in [1.82, 2.24) is 15.5 Å². The molecule has 0 atom stereocenters. The summed E-state index contributed by atoms with van der Waals surface area (Å²) < 4.78 is 0. The first-order valence-electron chi connectivity index (χ1n) is 7.12. The molecule has 0 unspecified atom stereocenters. The number of rotatable bonds is 6. The fraction of sp³-hybridized carbons (Fsp3) is 0.375. The van der Waals surface area contributed by atoms with Crippen LogP contribution in [0.5, 0.6) is 0 Å². The summed E-state index contributed by atoms with van der Waals surface area (Å²) in [6.07, 6.45) is 2.59. The smallest absolute Gasteiger partial charge is 0.151 e. The van der Waals surface area contributed by atoms with E-state index in [4.69, 9.17) is 0 Å². The third-order valence-electron chi connectivity index (χ3n) is 3.51. The van der Waals surface area contributed by atoms with Gasteiger partial charge in [0.25, 0.3) is 0 Å². The van der Waals surface area contributed by atoms with Crippen molar-refractivity contribution in [3.63, 3.8) is 0 Å². The van der Waals surface area contributed by atoms with Gasteiger partial charge in [0.15, 0.2) is 5.82 Å². The number of nitrogens with one attached hydrogen (secondary N) is 1. The number of benzene rings is 1. The van der Waals surface area contributed by atoms with Crippen molar-refractivity contribution in [2.24, 2.45) is 0 Å². The minimum atomic E-state index is 0.706. The van der Waals surface area contributed by atoms with Crippen LogP contribution < -0.4 is 10.2 Å². The molecular formula is C16H20N4. The lowest BCUT2D eigenvalue weighted by Crippen LogP contribution is -2.20. The summed E-state index contributed by atoms with van der Waals surface area (Å²) in [6.45, 7) is 1.66. The summed E-state index contributed by atoms with van der Waals surface area (Å²) in [4.78, 5) is 2.11. The Hall–Kier alpha value is -1.94. The Kier molecular flexibility index (Phi) is 3.92. The highest BCUT2D eigenvalue weighted by Crippen LogP contribution is 2.19. The quantitative estimate of drug-likeness (QED) is 0.873.